The average Bonchev–Trinajstić information content (AvgIpc) is 2.83. The lowest BCUT2D eigenvalue weighted by atomic mass is 10.0. The predicted molar refractivity (Wildman–Crippen MR) is 125 cm³/mol. The van der Waals surface area contributed by atoms with Gasteiger partial charge in [0.25, 0.3) is 10.0 Å². The monoisotopic (exact) mass is 487 g/mol. The second-order valence-corrected chi connectivity index (χ2v) is 9.88. The number of pyridine rings is 1. The molecule has 8 nitrogen and oxygen atoms in total. The lowest BCUT2D eigenvalue weighted by molar-refractivity contribution is -0.117. The fourth-order valence-electron chi connectivity index (χ4n) is 3.48. The van der Waals surface area contributed by atoms with Gasteiger partial charge in [-0.15, -0.1) is 0 Å². The number of nitrogens with one attached hydrogen (secondary N) is 1. The van der Waals surface area contributed by atoms with E-state index in [1.807, 2.05) is 30.3 Å². The van der Waals surface area contributed by atoms with Crippen LogP contribution in [0.5, 0.6) is 5.88 Å². The van der Waals surface area contributed by atoms with Crippen LogP contribution in [0.3, 0.4) is 0 Å². The van der Waals surface area contributed by atoms with Crippen molar-refractivity contribution < 1.29 is 23.1 Å². The van der Waals surface area contributed by atoms with E-state index in [0.717, 1.165) is 9.87 Å². The normalized spacial score (nSPS) is 16.5. The summed E-state index contributed by atoms with van der Waals surface area (Å²) in [5.41, 5.74) is 1.32. The summed E-state index contributed by atoms with van der Waals surface area (Å²) in [5, 5.41) is 12.7. The summed E-state index contributed by atoms with van der Waals surface area (Å²) in [5.74, 6) is -0.652. The molecule has 0 fully saturated rings. The van der Waals surface area contributed by atoms with Crippen LogP contribution in [0.4, 0.5) is 11.4 Å². The Morgan fingerprint density at radius 1 is 1.24 bits per heavy atom. The first-order valence-electron chi connectivity index (χ1n) is 10.2. The maximum atomic E-state index is 13.4. The smallest absolute Gasteiger partial charge is 0.264 e. The summed E-state index contributed by atoms with van der Waals surface area (Å²) in [4.78, 5) is 17.0. The highest BCUT2D eigenvalue weighted by atomic mass is 35.5. The van der Waals surface area contributed by atoms with Crippen LogP contribution in [0.1, 0.15) is 18.4 Å². The number of sulfonamides is 1. The van der Waals surface area contributed by atoms with Gasteiger partial charge in [-0.2, -0.15) is 0 Å². The standard InChI is InChI=1S/C23H22ClN3O5S/c1-15(16-6-3-2-4-7-16)22(29)26-18-11-21-23(25-12-18)32-19(14-28)13-27(21)33(30,31)20-9-5-8-17(24)10-20/h2-12,15,19,28H,13-14H2,1H3,(H,26,29). The number of benzene rings is 2. The number of aliphatic hydroxyl groups excluding tert-OH is 1. The Morgan fingerprint density at radius 3 is 2.70 bits per heavy atom. The number of fused-ring (bicyclic) bond motifs is 1. The average molecular weight is 488 g/mol. The summed E-state index contributed by atoms with van der Waals surface area (Å²) in [7, 11) is -4.04. The van der Waals surface area contributed by atoms with Crippen molar-refractivity contribution >= 4 is 38.9 Å². The first-order valence-corrected chi connectivity index (χ1v) is 12.0. The summed E-state index contributed by atoms with van der Waals surface area (Å²) >= 11 is 6.00. The number of ether oxygens (including phenoxy) is 1. The lowest BCUT2D eigenvalue weighted by Crippen LogP contribution is -2.45. The van der Waals surface area contributed by atoms with Gasteiger partial charge in [0.05, 0.1) is 35.8 Å². The number of rotatable bonds is 6. The van der Waals surface area contributed by atoms with Gasteiger partial charge >= 0.3 is 0 Å². The third-order valence-corrected chi connectivity index (χ3v) is 7.31. The largest absolute Gasteiger partial charge is 0.468 e. The molecule has 1 aliphatic rings. The van der Waals surface area contributed by atoms with Crippen LogP contribution in [-0.2, 0) is 14.8 Å². The number of halogens is 1. The minimum absolute atomic E-state index is 0.00771. The fraction of sp³-hybridized carbons (Fsp3) is 0.217. The van der Waals surface area contributed by atoms with Crippen molar-refractivity contribution in [2.24, 2.45) is 0 Å². The molecule has 2 aromatic carbocycles. The van der Waals surface area contributed by atoms with E-state index in [9.17, 15) is 18.3 Å². The highest BCUT2D eigenvalue weighted by molar-refractivity contribution is 7.92. The molecule has 2 heterocycles. The van der Waals surface area contributed by atoms with Crippen LogP contribution in [0.2, 0.25) is 5.02 Å². The Morgan fingerprint density at radius 2 is 2.00 bits per heavy atom. The Balaban J connectivity index is 1.67. The van der Waals surface area contributed by atoms with Crippen LogP contribution >= 0.6 is 11.6 Å². The third-order valence-electron chi connectivity index (χ3n) is 5.30. The van der Waals surface area contributed by atoms with E-state index in [1.165, 1.54) is 24.4 Å². The Hall–Kier alpha value is -3.14. The number of aliphatic hydroxyl groups is 1. The molecule has 1 aromatic heterocycles. The topological polar surface area (TPSA) is 109 Å². The highest BCUT2D eigenvalue weighted by Crippen LogP contribution is 2.37. The number of carbonyl (C=O) groups excluding carboxylic acids is 1. The van der Waals surface area contributed by atoms with Crippen molar-refractivity contribution in [3.63, 3.8) is 0 Å². The number of aromatic nitrogens is 1. The summed E-state index contributed by atoms with van der Waals surface area (Å²) in [6, 6.07) is 16.7. The Kier molecular flexibility index (Phi) is 6.55. The molecule has 33 heavy (non-hydrogen) atoms. The van der Waals surface area contributed by atoms with Crippen molar-refractivity contribution in [2.75, 3.05) is 22.8 Å². The van der Waals surface area contributed by atoms with Gasteiger partial charge < -0.3 is 15.2 Å². The van der Waals surface area contributed by atoms with Crippen LogP contribution < -0.4 is 14.4 Å². The summed E-state index contributed by atoms with van der Waals surface area (Å²) in [6.45, 7) is 1.26. The first kappa shape index (κ1) is 23.0. The van der Waals surface area contributed by atoms with Gasteiger partial charge in [-0.1, -0.05) is 48.0 Å². The highest BCUT2D eigenvalue weighted by Gasteiger charge is 2.35. The van der Waals surface area contributed by atoms with Gasteiger partial charge in [0.2, 0.25) is 11.8 Å². The maximum absolute atomic E-state index is 13.4. The third kappa shape index (κ3) is 4.80. The van der Waals surface area contributed by atoms with E-state index in [-0.39, 0.29) is 33.9 Å². The van der Waals surface area contributed by atoms with Crippen LogP contribution in [0.25, 0.3) is 0 Å². The van der Waals surface area contributed by atoms with E-state index in [2.05, 4.69) is 10.3 Å². The zero-order valence-corrected chi connectivity index (χ0v) is 19.3. The SMILES string of the molecule is CC(C(=O)Nc1cnc2c(c1)N(S(=O)(=O)c1cccc(Cl)c1)CC(CO)O2)c1ccccc1. The van der Waals surface area contributed by atoms with Gasteiger partial charge in [-0.3, -0.25) is 9.10 Å². The van der Waals surface area contributed by atoms with E-state index < -0.39 is 28.7 Å². The number of amides is 1. The molecule has 0 saturated carbocycles. The maximum Gasteiger partial charge on any atom is 0.264 e. The fourth-order valence-corrected chi connectivity index (χ4v) is 5.27. The quantitative estimate of drug-likeness (QED) is 0.551. The second-order valence-electron chi connectivity index (χ2n) is 7.59. The molecule has 172 valence electrons. The molecule has 3 aromatic rings. The van der Waals surface area contributed by atoms with E-state index >= 15 is 0 Å². The minimum Gasteiger partial charge on any atom is -0.468 e. The molecule has 4 rings (SSSR count). The lowest BCUT2D eigenvalue weighted by Gasteiger charge is -2.34. The second kappa shape index (κ2) is 9.38. The van der Waals surface area contributed by atoms with E-state index in [4.69, 9.17) is 16.3 Å². The first-order chi connectivity index (χ1) is 15.8. The van der Waals surface area contributed by atoms with Gasteiger partial charge in [0.15, 0.2) is 0 Å². The molecule has 0 saturated heterocycles. The van der Waals surface area contributed by atoms with Crippen molar-refractivity contribution in [2.45, 2.75) is 23.8 Å². The van der Waals surface area contributed by atoms with E-state index in [0.29, 0.717) is 5.69 Å². The van der Waals surface area contributed by atoms with E-state index in [1.54, 1.807) is 19.1 Å². The molecule has 0 spiro atoms. The van der Waals surface area contributed by atoms with Crippen molar-refractivity contribution in [3.8, 4) is 5.88 Å². The van der Waals surface area contributed by atoms with Gasteiger partial charge in [-0.05, 0) is 36.8 Å². The molecule has 0 aliphatic carbocycles. The van der Waals surface area contributed by atoms with Crippen LogP contribution in [0, 0.1) is 0 Å². The van der Waals surface area contributed by atoms with Gasteiger partial charge in [0, 0.05) is 5.02 Å². The zero-order valence-electron chi connectivity index (χ0n) is 17.7. The molecule has 1 amide bonds. The molecule has 2 atom stereocenters. The molecule has 2 N–H and O–H groups in total. The number of carbonyl (C=O) groups is 1. The minimum atomic E-state index is -4.04. The summed E-state index contributed by atoms with van der Waals surface area (Å²) in [6.07, 6.45) is 0.593. The van der Waals surface area contributed by atoms with Crippen molar-refractivity contribution in [1.82, 2.24) is 4.98 Å². The zero-order chi connectivity index (χ0) is 23.6. The molecule has 10 heteroatoms. The molecule has 2 unspecified atom stereocenters. The summed E-state index contributed by atoms with van der Waals surface area (Å²) < 4.78 is 33.6. The predicted octanol–water partition coefficient (Wildman–Crippen LogP) is 3.43. The molecule has 1 aliphatic heterocycles. The van der Waals surface area contributed by atoms with Crippen molar-refractivity contribution in [3.05, 3.63) is 77.4 Å². The van der Waals surface area contributed by atoms with Gasteiger partial charge in [0.1, 0.15) is 11.8 Å². The number of hydrogen-bond acceptors (Lipinski definition) is 6. The van der Waals surface area contributed by atoms with Gasteiger partial charge in [-0.25, -0.2) is 13.4 Å². The van der Waals surface area contributed by atoms with Crippen LogP contribution in [0.15, 0.2) is 71.8 Å². The molecule has 0 bridgehead atoms. The van der Waals surface area contributed by atoms with Crippen molar-refractivity contribution in [1.29, 1.82) is 0 Å². The van der Waals surface area contributed by atoms with Crippen LogP contribution in [-0.4, -0.2) is 43.7 Å². The molecular formula is C23H22ClN3O5S. The number of hydrogen-bond donors (Lipinski definition) is 2. The molecule has 0 radical (unpaired) electrons. The number of anilines is 2. The molecular weight excluding hydrogens is 466 g/mol. The number of nitrogens with zero attached hydrogens (tertiary/aromatic N) is 2. The Bertz CT molecular complexity index is 1270. The Labute approximate surface area is 196 Å².